The Balaban J connectivity index is 2.07. The highest BCUT2D eigenvalue weighted by Crippen LogP contribution is 2.33. The number of piperazine rings is 1. The van der Waals surface area contributed by atoms with Gasteiger partial charge in [0.2, 0.25) is 0 Å². The van der Waals surface area contributed by atoms with Crippen LogP contribution in [0.4, 0.5) is 13.2 Å². The van der Waals surface area contributed by atoms with Crippen LogP contribution in [-0.2, 0) is 0 Å². The van der Waals surface area contributed by atoms with E-state index in [0.29, 0.717) is 6.42 Å². The molecule has 1 saturated heterocycles. The van der Waals surface area contributed by atoms with Crippen molar-refractivity contribution in [2.45, 2.75) is 19.0 Å². The molecule has 17 heavy (non-hydrogen) atoms. The van der Waals surface area contributed by atoms with Gasteiger partial charge in [0.1, 0.15) is 0 Å². The summed E-state index contributed by atoms with van der Waals surface area (Å²) < 4.78 is 37.9. The second-order valence-electron chi connectivity index (χ2n) is 4.63. The van der Waals surface area contributed by atoms with E-state index >= 15 is 0 Å². The summed E-state index contributed by atoms with van der Waals surface area (Å²) >= 11 is 0. The van der Waals surface area contributed by atoms with Crippen molar-refractivity contribution in [1.29, 1.82) is 0 Å². The Labute approximate surface area is 99.4 Å². The van der Waals surface area contributed by atoms with Gasteiger partial charge in [0, 0.05) is 37.4 Å². The molecule has 0 aromatic carbocycles. The molecular weight excluding hydrogens is 229 g/mol. The fourth-order valence-electron chi connectivity index (χ4n) is 2.19. The van der Waals surface area contributed by atoms with Crippen LogP contribution in [-0.4, -0.2) is 49.2 Å². The van der Waals surface area contributed by atoms with Gasteiger partial charge in [-0.25, -0.2) is 0 Å². The lowest BCUT2D eigenvalue weighted by atomic mass is 10.0. The molecule has 2 rings (SSSR count). The van der Waals surface area contributed by atoms with Crippen molar-refractivity contribution in [3.63, 3.8) is 0 Å². The monoisotopic (exact) mass is 246 g/mol. The number of nitrogens with zero attached hydrogens (tertiary/aromatic N) is 2. The van der Waals surface area contributed by atoms with Gasteiger partial charge < -0.3 is 9.80 Å². The van der Waals surface area contributed by atoms with Gasteiger partial charge in [-0.15, -0.1) is 0 Å². The van der Waals surface area contributed by atoms with Crippen molar-refractivity contribution in [3.05, 3.63) is 23.4 Å². The number of halogens is 3. The van der Waals surface area contributed by atoms with Crippen molar-refractivity contribution < 1.29 is 13.2 Å². The van der Waals surface area contributed by atoms with Crippen molar-refractivity contribution in [2.24, 2.45) is 0 Å². The molecule has 0 aromatic heterocycles. The Morgan fingerprint density at radius 2 is 1.76 bits per heavy atom. The van der Waals surface area contributed by atoms with E-state index < -0.39 is 11.7 Å². The highest BCUT2D eigenvalue weighted by Gasteiger charge is 2.34. The van der Waals surface area contributed by atoms with Crippen molar-refractivity contribution >= 4 is 0 Å². The Morgan fingerprint density at radius 3 is 2.35 bits per heavy atom. The van der Waals surface area contributed by atoms with Crippen LogP contribution in [0.1, 0.15) is 12.8 Å². The molecule has 0 aromatic rings. The SMILES string of the molecule is CN1CCN(C2=CCCC(C(F)(F)F)=C2)CC1. The second kappa shape index (κ2) is 4.72. The summed E-state index contributed by atoms with van der Waals surface area (Å²) in [4.78, 5) is 4.24. The highest BCUT2D eigenvalue weighted by atomic mass is 19.4. The molecule has 1 heterocycles. The topological polar surface area (TPSA) is 6.48 Å². The van der Waals surface area contributed by atoms with Crippen molar-refractivity contribution in [3.8, 4) is 0 Å². The first-order valence-corrected chi connectivity index (χ1v) is 5.88. The summed E-state index contributed by atoms with van der Waals surface area (Å²) in [6, 6.07) is 0. The molecule has 0 bridgehead atoms. The normalized spacial score (nSPS) is 23.4. The van der Waals surface area contributed by atoms with Gasteiger partial charge in [0.15, 0.2) is 0 Å². The van der Waals surface area contributed by atoms with Gasteiger partial charge in [0.25, 0.3) is 0 Å². The van der Waals surface area contributed by atoms with E-state index in [0.717, 1.165) is 31.9 Å². The number of rotatable bonds is 1. The van der Waals surface area contributed by atoms with E-state index in [-0.39, 0.29) is 6.42 Å². The molecule has 1 aliphatic carbocycles. The number of allylic oxidation sites excluding steroid dienone is 3. The number of alkyl halides is 3. The Hall–Kier alpha value is -0.970. The molecule has 5 heteroatoms. The fourth-order valence-corrected chi connectivity index (χ4v) is 2.19. The zero-order chi connectivity index (χ0) is 12.5. The summed E-state index contributed by atoms with van der Waals surface area (Å²) in [7, 11) is 2.03. The van der Waals surface area contributed by atoms with Gasteiger partial charge >= 0.3 is 6.18 Å². The van der Waals surface area contributed by atoms with Crippen LogP contribution in [0.2, 0.25) is 0 Å². The lowest BCUT2D eigenvalue weighted by Gasteiger charge is -2.36. The lowest BCUT2D eigenvalue weighted by Crippen LogP contribution is -2.43. The van der Waals surface area contributed by atoms with Gasteiger partial charge in [-0.2, -0.15) is 13.2 Å². The van der Waals surface area contributed by atoms with Crippen LogP contribution >= 0.6 is 0 Å². The van der Waals surface area contributed by atoms with E-state index in [1.807, 2.05) is 18.0 Å². The first-order chi connectivity index (χ1) is 7.97. The molecule has 1 aliphatic heterocycles. The minimum atomic E-state index is -4.17. The summed E-state index contributed by atoms with van der Waals surface area (Å²) in [6.07, 6.45) is -0.338. The maximum Gasteiger partial charge on any atom is 0.412 e. The van der Waals surface area contributed by atoms with E-state index in [4.69, 9.17) is 0 Å². The van der Waals surface area contributed by atoms with Gasteiger partial charge in [-0.1, -0.05) is 6.08 Å². The fraction of sp³-hybridized carbons (Fsp3) is 0.667. The van der Waals surface area contributed by atoms with Crippen molar-refractivity contribution in [1.82, 2.24) is 9.80 Å². The molecule has 0 amide bonds. The summed E-state index contributed by atoms with van der Waals surface area (Å²) in [5, 5.41) is 0. The molecule has 0 spiro atoms. The number of likely N-dealkylation sites (N-methyl/N-ethyl adjacent to an activating group) is 1. The van der Waals surface area contributed by atoms with Gasteiger partial charge in [0.05, 0.1) is 0 Å². The molecule has 0 radical (unpaired) electrons. The summed E-state index contributed by atoms with van der Waals surface area (Å²) in [5.41, 5.74) is 0.352. The average molecular weight is 246 g/mol. The molecule has 1 fully saturated rings. The minimum absolute atomic E-state index is 0.112. The van der Waals surface area contributed by atoms with Crippen LogP contribution < -0.4 is 0 Å². The zero-order valence-corrected chi connectivity index (χ0v) is 9.93. The first-order valence-electron chi connectivity index (χ1n) is 5.88. The predicted octanol–water partition coefficient (Wildman–Crippen LogP) is 2.40. The quantitative estimate of drug-likeness (QED) is 0.701. The zero-order valence-electron chi connectivity index (χ0n) is 9.93. The molecule has 0 N–H and O–H groups in total. The molecule has 0 unspecified atom stereocenters. The molecule has 2 nitrogen and oxygen atoms in total. The largest absolute Gasteiger partial charge is 0.412 e. The maximum atomic E-state index is 12.6. The maximum absolute atomic E-state index is 12.6. The third-order valence-corrected chi connectivity index (χ3v) is 3.32. The standard InChI is InChI=1S/C12H17F3N2/c1-16-5-7-17(8-6-16)11-4-2-3-10(9-11)12(13,14)15/h4,9H,2-3,5-8H2,1H3. The van der Waals surface area contributed by atoms with Gasteiger partial charge in [-0.05, 0) is 26.0 Å². The molecule has 96 valence electrons. The molecule has 0 saturated carbocycles. The second-order valence-corrected chi connectivity index (χ2v) is 4.63. The van der Waals surface area contributed by atoms with Crippen LogP contribution in [0.25, 0.3) is 0 Å². The third kappa shape index (κ3) is 3.03. The molecule has 0 atom stereocenters. The van der Waals surface area contributed by atoms with Crippen molar-refractivity contribution in [2.75, 3.05) is 33.2 Å². The number of hydrogen-bond donors (Lipinski definition) is 0. The first kappa shape index (κ1) is 12.5. The van der Waals surface area contributed by atoms with E-state index in [1.165, 1.54) is 6.08 Å². The summed E-state index contributed by atoms with van der Waals surface area (Å²) in [6.45, 7) is 3.44. The lowest BCUT2D eigenvalue weighted by molar-refractivity contribution is -0.0943. The average Bonchev–Trinajstić information content (AvgIpc) is 2.29. The summed E-state index contributed by atoms with van der Waals surface area (Å²) in [5.74, 6) is 0. The molecular formula is C12H17F3N2. The Bertz CT molecular complexity index is 336. The van der Waals surface area contributed by atoms with E-state index in [9.17, 15) is 13.2 Å². The van der Waals surface area contributed by atoms with Crippen LogP contribution in [0, 0.1) is 0 Å². The highest BCUT2D eigenvalue weighted by molar-refractivity contribution is 5.29. The smallest absolute Gasteiger partial charge is 0.369 e. The molecule has 2 aliphatic rings. The predicted molar refractivity (Wildman–Crippen MR) is 60.5 cm³/mol. The minimum Gasteiger partial charge on any atom is -0.369 e. The van der Waals surface area contributed by atoms with E-state index in [2.05, 4.69) is 4.90 Å². The number of hydrogen-bond acceptors (Lipinski definition) is 2. The third-order valence-electron chi connectivity index (χ3n) is 3.32. The van der Waals surface area contributed by atoms with E-state index in [1.54, 1.807) is 0 Å². The van der Waals surface area contributed by atoms with Gasteiger partial charge in [-0.3, -0.25) is 0 Å². The van der Waals surface area contributed by atoms with Crippen LogP contribution in [0.5, 0.6) is 0 Å². The Morgan fingerprint density at radius 1 is 1.12 bits per heavy atom. The van der Waals surface area contributed by atoms with Crippen LogP contribution in [0.15, 0.2) is 23.4 Å². The Kier molecular flexibility index (Phi) is 3.47. The van der Waals surface area contributed by atoms with Crippen LogP contribution in [0.3, 0.4) is 0 Å².